The van der Waals surface area contributed by atoms with Gasteiger partial charge in [-0.25, -0.2) is 4.39 Å². The summed E-state index contributed by atoms with van der Waals surface area (Å²) < 4.78 is 26.5. The summed E-state index contributed by atoms with van der Waals surface area (Å²) in [6, 6.07) is 6.83. The molecule has 0 fully saturated rings. The van der Waals surface area contributed by atoms with Crippen LogP contribution in [0.25, 0.3) is 0 Å². The number of halogens is 3. The molecule has 21 heavy (non-hydrogen) atoms. The first-order chi connectivity index (χ1) is 9.90. The highest BCUT2D eigenvalue weighted by molar-refractivity contribution is 9.10. The third-order valence-corrected chi connectivity index (χ3v) is 3.40. The van der Waals surface area contributed by atoms with E-state index in [0.717, 1.165) is 12.1 Å². The summed E-state index contributed by atoms with van der Waals surface area (Å²) in [7, 11) is 0. The lowest BCUT2D eigenvalue weighted by molar-refractivity contribution is -0.387. The first kappa shape index (κ1) is 15.0. The Morgan fingerprint density at radius 3 is 2.57 bits per heavy atom. The van der Waals surface area contributed by atoms with Crippen molar-refractivity contribution in [1.29, 1.82) is 0 Å². The van der Waals surface area contributed by atoms with Gasteiger partial charge in [-0.2, -0.15) is 4.39 Å². The molecule has 2 aromatic carbocycles. The van der Waals surface area contributed by atoms with E-state index in [9.17, 15) is 23.7 Å². The van der Waals surface area contributed by atoms with Gasteiger partial charge in [0.05, 0.1) is 15.0 Å². The fourth-order valence-corrected chi connectivity index (χ4v) is 2.05. The van der Waals surface area contributed by atoms with Crippen LogP contribution in [0.4, 0.5) is 20.2 Å². The van der Waals surface area contributed by atoms with Crippen LogP contribution in [0.15, 0.2) is 40.9 Å². The lowest BCUT2D eigenvalue weighted by Gasteiger charge is -2.07. The topological polar surface area (TPSA) is 72.2 Å². The third kappa shape index (κ3) is 3.22. The number of hydrogen-bond acceptors (Lipinski definition) is 3. The van der Waals surface area contributed by atoms with Gasteiger partial charge in [0, 0.05) is 11.8 Å². The minimum atomic E-state index is -1.01. The number of anilines is 1. The van der Waals surface area contributed by atoms with E-state index in [0.29, 0.717) is 0 Å². The van der Waals surface area contributed by atoms with Crippen molar-refractivity contribution in [1.82, 2.24) is 0 Å². The number of hydrogen-bond donors (Lipinski definition) is 1. The molecule has 0 bridgehead atoms. The summed E-state index contributed by atoms with van der Waals surface area (Å²) in [6.07, 6.45) is 0. The Hall–Kier alpha value is -2.35. The summed E-state index contributed by atoms with van der Waals surface area (Å²) in [5.41, 5.74) is -0.711. The monoisotopic (exact) mass is 356 g/mol. The molecule has 0 spiro atoms. The fraction of sp³-hybridized carbons (Fsp3) is 0. The molecule has 0 aliphatic rings. The molecule has 1 amide bonds. The zero-order valence-electron chi connectivity index (χ0n) is 10.3. The van der Waals surface area contributed by atoms with Crippen molar-refractivity contribution in [3.8, 4) is 0 Å². The Kier molecular flexibility index (Phi) is 4.27. The molecule has 0 saturated carbocycles. The highest BCUT2D eigenvalue weighted by Crippen LogP contribution is 2.24. The van der Waals surface area contributed by atoms with E-state index in [1.54, 1.807) is 0 Å². The van der Waals surface area contributed by atoms with Gasteiger partial charge in [-0.1, -0.05) is 6.07 Å². The molecule has 0 aliphatic heterocycles. The Morgan fingerprint density at radius 1 is 1.19 bits per heavy atom. The highest BCUT2D eigenvalue weighted by Gasteiger charge is 2.17. The van der Waals surface area contributed by atoms with E-state index in [-0.39, 0.29) is 15.7 Å². The Bertz CT molecular complexity index is 737. The quantitative estimate of drug-likeness (QED) is 0.669. The molecule has 1 N–H and O–H groups in total. The SMILES string of the molecule is O=C(Nc1ccc(F)c([N+](=O)[O-])c1)c1cccc(F)c1Br. The third-order valence-electron chi connectivity index (χ3n) is 2.60. The molecule has 5 nitrogen and oxygen atoms in total. The summed E-state index contributed by atoms with van der Waals surface area (Å²) in [5.74, 6) is -2.31. The number of rotatable bonds is 3. The number of nitrogens with one attached hydrogen (secondary N) is 1. The van der Waals surface area contributed by atoms with Gasteiger partial charge < -0.3 is 5.32 Å². The molecule has 2 rings (SSSR count). The molecule has 2 aromatic rings. The standard InChI is InChI=1S/C13H7BrF2N2O3/c14-12-8(2-1-3-10(12)16)13(19)17-7-4-5-9(15)11(6-7)18(20)21/h1-6H,(H,17,19). The van der Waals surface area contributed by atoms with E-state index in [4.69, 9.17) is 0 Å². The minimum absolute atomic E-state index is 0.0157. The molecule has 0 heterocycles. The summed E-state index contributed by atoms with van der Waals surface area (Å²) in [6.45, 7) is 0. The molecule has 0 radical (unpaired) electrons. The Morgan fingerprint density at radius 2 is 1.90 bits per heavy atom. The van der Waals surface area contributed by atoms with Gasteiger partial charge >= 0.3 is 5.69 Å². The van der Waals surface area contributed by atoms with Crippen LogP contribution < -0.4 is 5.32 Å². The largest absolute Gasteiger partial charge is 0.322 e. The van der Waals surface area contributed by atoms with Crippen molar-refractivity contribution >= 4 is 33.2 Å². The summed E-state index contributed by atoms with van der Waals surface area (Å²) >= 11 is 2.94. The lowest BCUT2D eigenvalue weighted by Crippen LogP contribution is -2.13. The van der Waals surface area contributed by atoms with Crippen LogP contribution in [-0.4, -0.2) is 10.8 Å². The van der Waals surface area contributed by atoms with Crippen LogP contribution in [0.3, 0.4) is 0 Å². The van der Waals surface area contributed by atoms with Crippen LogP contribution in [0, 0.1) is 21.7 Å². The maximum atomic E-state index is 13.3. The van der Waals surface area contributed by atoms with Crippen LogP contribution in [0.1, 0.15) is 10.4 Å². The first-order valence-electron chi connectivity index (χ1n) is 5.59. The van der Waals surface area contributed by atoms with Gasteiger partial charge in [0.1, 0.15) is 5.82 Å². The van der Waals surface area contributed by atoms with Gasteiger partial charge in [0.2, 0.25) is 5.82 Å². The van der Waals surface area contributed by atoms with Crippen molar-refractivity contribution in [2.24, 2.45) is 0 Å². The fourth-order valence-electron chi connectivity index (χ4n) is 1.61. The number of nitro benzene ring substituents is 1. The minimum Gasteiger partial charge on any atom is -0.322 e. The lowest BCUT2D eigenvalue weighted by atomic mass is 10.2. The molecular formula is C13H7BrF2N2O3. The highest BCUT2D eigenvalue weighted by atomic mass is 79.9. The van der Waals surface area contributed by atoms with E-state index in [2.05, 4.69) is 21.2 Å². The van der Waals surface area contributed by atoms with Crippen LogP contribution in [0.5, 0.6) is 0 Å². The molecule has 0 atom stereocenters. The van der Waals surface area contributed by atoms with Crippen molar-refractivity contribution in [2.45, 2.75) is 0 Å². The predicted molar refractivity (Wildman–Crippen MR) is 75.1 cm³/mol. The molecule has 108 valence electrons. The van der Waals surface area contributed by atoms with Gasteiger partial charge in [0.15, 0.2) is 0 Å². The second-order valence-corrected chi connectivity index (χ2v) is 4.77. The molecule has 0 saturated heterocycles. The van der Waals surface area contributed by atoms with Crippen molar-refractivity contribution in [2.75, 3.05) is 5.32 Å². The second-order valence-electron chi connectivity index (χ2n) is 3.98. The van der Waals surface area contributed by atoms with Crippen molar-refractivity contribution in [3.05, 3.63) is 68.2 Å². The van der Waals surface area contributed by atoms with E-state index < -0.39 is 28.2 Å². The zero-order valence-corrected chi connectivity index (χ0v) is 11.9. The van der Waals surface area contributed by atoms with Crippen LogP contribution in [-0.2, 0) is 0 Å². The maximum Gasteiger partial charge on any atom is 0.306 e. The van der Waals surface area contributed by atoms with Crippen LogP contribution in [0.2, 0.25) is 0 Å². The number of carbonyl (C=O) groups excluding carboxylic acids is 1. The number of carbonyl (C=O) groups is 1. The van der Waals surface area contributed by atoms with E-state index in [1.165, 1.54) is 24.3 Å². The van der Waals surface area contributed by atoms with Gasteiger partial charge in [-0.3, -0.25) is 14.9 Å². The van der Waals surface area contributed by atoms with Gasteiger partial charge in [-0.05, 0) is 40.2 Å². The average molecular weight is 357 g/mol. The molecule has 0 aliphatic carbocycles. The summed E-state index contributed by atoms with van der Waals surface area (Å²) in [4.78, 5) is 21.7. The molecule has 0 aromatic heterocycles. The predicted octanol–water partition coefficient (Wildman–Crippen LogP) is 3.89. The second kappa shape index (κ2) is 5.96. The Balaban J connectivity index is 2.30. The number of nitro groups is 1. The molecular weight excluding hydrogens is 350 g/mol. The molecule has 8 heteroatoms. The van der Waals surface area contributed by atoms with Crippen LogP contribution >= 0.6 is 15.9 Å². The van der Waals surface area contributed by atoms with Crippen molar-refractivity contribution < 1.29 is 18.5 Å². The van der Waals surface area contributed by atoms with E-state index in [1.807, 2.05) is 0 Å². The summed E-state index contributed by atoms with van der Waals surface area (Å²) in [5, 5.41) is 13.0. The number of nitrogens with zero attached hydrogens (tertiary/aromatic N) is 1. The van der Waals surface area contributed by atoms with Gasteiger partial charge in [0.25, 0.3) is 5.91 Å². The molecule has 0 unspecified atom stereocenters. The smallest absolute Gasteiger partial charge is 0.306 e. The number of amides is 1. The van der Waals surface area contributed by atoms with E-state index >= 15 is 0 Å². The average Bonchev–Trinajstić information content (AvgIpc) is 2.43. The Labute approximate surface area is 125 Å². The normalized spacial score (nSPS) is 10.2. The first-order valence-corrected chi connectivity index (χ1v) is 6.38. The maximum absolute atomic E-state index is 13.3. The zero-order chi connectivity index (χ0) is 15.6. The van der Waals surface area contributed by atoms with Crippen molar-refractivity contribution in [3.63, 3.8) is 0 Å². The number of benzene rings is 2. The van der Waals surface area contributed by atoms with Gasteiger partial charge in [-0.15, -0.1) is 0 Å².